The molecule has 0 N–H and O–H groups in total. The lowest BCUT2D eigenvalue weighted by atomic mass is 10.1. The predicted molar refractivity (Wildman–Crippen MR) is 106 cm³/mol. The van der Waals surface area contributed by atoms with Gasteiger partial charge in [-0.05, 0) is 18.1 Å². The molecule has 0 aliphatic carbocycles. The van der Waals surface area contributed by atoms with Crippen LogP contribution in [0, 0.1) is 6.92 Å². The highest BCUT2D eigenvalue weighted by atomic mass is 16.1. The molecule has 2 aromatic carbocycles. The molecular formula is C21H16N6O. The van der Waals surface area contributed by atoms with E-state index in [0.29, 0.717) is 17.8 Å². The van der Waals surface area contributed by atoms with Crippen LogP contribution in [0.4, 0.5) is 0 Å². The maximum atomic E-state index is 12.9. The van der Waals surface area contributed by atoms with Gasteiger partial charge in [0.1, 0.15) is 6.33 Å². The van der Waals surface area contributed by atoms with Crippen molar-refractivity contribution in [2.45, 2.75) is 13.5 Å². The second-order valence-corrected chi connectivity index (χ2v) is 6.70. The summed E-state index contributed by atoms with van der Waals surface area (Å²) >= 11 is 0. The maximum absolute atomic E-state index is 12.9. The lowest BCUT2D eigenvalue weighted by Crippen LogP contribution is -2.23. The molecule has 3 heterocycles. The highest BCUT2D eigenvalue weighted by Crippen LogP contribution is 2.23. The van der Waals surface area contributed by atoms with Gasteiger partial charge in [-0.3, -0.25) is 9.36 Å². The van der Waals surface area contributed by atoms with Crippen LogP contribution in [0.5, 0.6) is 0 Å². The molecule has 0 saturated carbocycles. The highest BCUT2D eigenvalue weighted by Gasteiger charge is 2.15. The second-order valence-electron chi connectivity index (χ2n) is 6.70. The van der Waals surface area contributed by atoms with Crippen molar-refractivity contribution in [1.82, 2.24) is 29.4 Å². The van der Waals surface area contributed by atoms with Crippen LogP contribution in [0.15, 0.2) is 71.9 Å². The lowest BCUT2D eigenvalue weighted by molar-refractivity contribution is 0.737. The molecule has 7 nitrogen and oxygen atoms in total. The largest absolute Gasteiger partial charge is 0.293 e. The first-order chi connectivity index (χ1) is 13.7. The van der Waals surface area contributed by atoms with Crippen LogP contribution in [-0.2, 0) is 6.54 Å². The minimum Gasteiger partial charge on any atom is -0.293 e. The Bertz CT molecular complexity index is 1350. The fourth-order valence-corrected chi connectivity index (χ4v) is 3.23. The van der Waals surface area contributed by atoms with Gasteiger partial charge in [0.25, 0.3) is 5.56 Å². The summed E-state index contributed by atoms with van der Waals surface area (Å²) in [5.41, 5.74) is 4.96. The molecule has 7 heteroatoms. The Labute approximate surface area is 159 Å². The topological polar surface area (TPSA) is 78.0 Å². The van der Waals surface area contributed by atoms with Crippen LogP contribution in [-0.4, -0.2) is 29.4 Å². The van der Waals surface area contributed by atoms with E-state index in [0.717, 1.165) is 16.7 Å². The van der Waals surface area contributed by atoms with Gasteiger partial charge in [0.05, 0.1) is 12.7 Å². The minimum absolute atomic E-state index is 0.199. The molecular weight excluding hydrogens is 352 g/mol. The van der Waals surface area contributed by atoms with Crippen molar-refractivity contribution >= 4 is 16.8 Å². The molecule has 0 atom stereocenters. The Morgan fingerprint density at radius 1 is 0.929 bits per heavy atom. The second kappa shape index (κ2) is 6.38. The van der Waals surface area contributed by atoms with Gasteiger partial charge in [-0.2, -0.15) is 9.61 Å². The summed E-state index contributed by atoms with van der Waals surface area (Å²) in [6.45, 7) is 2.46. The third-order valence-corrected chi connectivity index (χ3v) is 4.74. The quantitative estimate of drug-likeness (QED) is 0.489. The van der Waals surface area contributed by atoms with Gasteiger partial charge in [-0.15, -0.1) is 10.2 Å². The summed E-state index contributed by atoms with van der Waals surface area (Å²) < 4.78 is 3.11. The average Bonchev–Trinajstić information content (AvgIpc) is 3.17. The Balaban J connectivity index is 1.63. The normalized spacial score (nSPS) is 11.3. The monoisotopic (exact) mass is 368 g/mol. The van der Waals surface area contributed by atoms with Gasteiger partial charge in [-0.1, -0.05) is 60.2 Å². The third kappa shape index (κ3) is 2.64. The van der Waals surface area contributed by atoms with E-state index in [2.05, 4.69) is 20.3 Å². The molecule has 0 aliphatic rings. The zero-order chi connectivity index (χ0) is 19.1. The molecule has 0 radical (unpaired) electrons. The molecule has 5 aromatic rings. The van der Waals surface area contributed by atoms with E-state index in [9.17, 15) is 4.79 Å². The standard InChI is InChI=1S/C21H16N6O/c1-14-7-9-15(10-8-14)12-26-13-22-20-18(21(26)28)24-25-19-17(11-23-27(19)20)16-5-3-2-4-6-16/h2-11,13H,12H2,1H3. The number of fused-ring (bicyclic) bond motifs is 3. The van der Waals surface area contributed by atoms with Crippen molar-refractivity contribution < 1.29 is 0 Å². The van der Waals surface area contributed by atoms with Gasteiger partial charge < -0.3 is 0 Å². The number of aromatic nitrogens is 6. The number of rotatable bonds is 3. The van der Waals surface area contributed by atoms with Crippen molar-refractivity contribution in [3.05, 3.63) is 88.6 Å². The van der Waals surface area contributed by atoms with E-state index < -0.39 is 0 Å². The summed E-state index contributed by atoms with van der Waals surface area (Å²) in [5.74, 6) is 0. The van der Waals surface area contributed by atoms with Crippen molar-refractivity contribution in [1.29, 1.82) is 0 Å². The van der Waals surface area contributed by atoms with E-state index >= 15 is 0 Å². The first kappa shape index (κ1) is 16.3. The molecule has 0 bridgehead atoms. The smallest absolute Gasteiger partial charge is 0.283 e. The Morgan fingerprint density at radius 2 is 1.71 bits per heavy atom. The summed E-state index contributed by atoms with van der Waals surface area (Å²) in [5, 5.41) is 12.8. The third-order valence-electron chi connectivity index (χ3n) is 4.74. The van der Waals surface area contributed by atoms with Crippen LogP contribution in [0.3, 0.4) is 0 Å². The summed E-state index contributed by atoms with van der Waals surface area (Å²) in [6, 6.07) is 17.9. The fraction of sp³-hybridized carbons (Fsp3) is 0.0952. The average molecular weight is 368 g/mol. The number of aryl methyl sites for hydroxylation is 1. The summed E-state index contributed by atoms with van der Waals surface area (Å²) in [7, 11) is 0. The molecule has 0 fully saturated rings. The fourth-order valence-electron chi connectivity index (χ4n) is 3.23. The molecule has 0 spiro atoms. The van der Waals surface area contributed by atoms with Crippen LogP contribution < -0.4 is 5.56 Å². The van der Waals surface area contributed by atoms with E-state index in [1.807, 2.05) is 61.5 Å². The van der Waals surface area contributed by atoms with Crippen molar-refractivity contribution in [3.8, 4) is 11.1 Å². The van der Waals surface area contributed by atoms with E-state index in [-0.39, 0.29) is 11.1 Å². The first-order valence-corrected chi connectivity index (χ1v) is 8.91. The number of nitrogens with zero attached hydrogens (tertiary/aromatic N) is 6. The molecule has 28 heavy (non-hydrogen) atoms. The van der Waals surface area contributed by atoms with Gasteiger partial charge in [0, 0.05) is 5.56 Å². The molecule has 0 saturated heterocycles. The Kier molecular flexibility index (Phi) is 3.72. The van der Waals surface area contributed by atoms with E-state index in [4.69, 9.17) is 0 Å². The number of hydrogen-bond donors (Lipinski definition) is 0. The SMILES string of the molecule is Cc1ccc(Cn2cnc3c(nnc4c(-c5ccccc5)cnn43)c2=O)cc1. The van der Waals surface area contributed by atoms with Gasteiger partial charge >= 0.3 is 0 Å². The van der Waals surface area contributed by atoms with E-state index in [1.54, 1.807) is 10.7 Å². The van der Waals surface area contributed by atoms with Crippen LogP contribution in [0.1, 0.15) is 11.1 Å². The lowest BCUT2D eigenvalue weighted by Gasteiger charge is -2.07. The molecule has 0 amide bonds. The predicted octanol–water partition coefficient (Wildman–Crippen LogP) is 2.86. The van der Waals surface area contributed by atoms with Crippen LogP contribution >= 0.6 is 0 Å². The van der Waals surface area contributed by atoms with Crippen molar-refractivity contribution in [2.24, 2.45) is 0 Å². The molecule has 5 rings (SSSR count). The zero-order valence-corrected chi connectivity index (χ0v) is 15.1. The first-order valence-electron chi connectivity index (χ1n) is 8.91. The molecule has 0 unspecified atom stereocenters. The van der Waals surface area contributed by atoms with Crippen molar-refractivity contribution in [3.63, 3.8) is 0 Å². The summed E-state index contributed by atoms with van der Waals surface area (Å²) in [6.07, 6.45) is 3.26. The van der Waals surface area contributed by atoms with Crippen LogP contribution in [0.25, 0.3) is 27.9 Å². The summed E-state index contributed by atoms with van der Waals surface area (Å²) in [4.78, 5) is 17.4. The number of benzene rings is 2. The Hall–Kier alpha value is -3.87. The van der Waals surface area contributed by atoms with Gasteiger partial charge in [0.2, 0.25) is 0 Å². The molecule has 3 aromatic heterocycles. The van der Waals surface area contributed by atoms with E-state index in [1.165, 1.54) is 16.5 Å². The highest BCUT2D eigenvalue weighted by molar-refractivity contribution is 5.80. The Morgan fingerprint density at radius 3 is 2.50 bits per heavy atom. The minimum atomic E-state index is -0.239. The van der Waals surface area contributed by atoms with Gasteiger partial charge in [0.15, 0.2) is 16.8 Å². The van der Waals surface area contributed by atoms with Crippen molar-refractivity contribution in [2.75, 3.05) is 0 Å². The zero-order valence-electron chi connectivity index (χ0n) is 15.1. The van der Waals surface area contributed by atoms with Gasteiger partial charge in [-0.25, -0.2) is 4.98 Å². The molecule has 0 aliphatic heterocycles. The van der Waals surface area contributed by atoms with Crippen LogP contribution in [0.2, 0.25) is 0 Å². The molecule has 136 valence electrons. The maximum Gasteiger partial charge on any atom is 0.283 e. The number of hydrogen-bond acceptors (Lipinski definition) is 5.